The zero-order valence-corrected chi connectivity index (χ0v) is 13.4. The number of carbonyl (C=O) groups is 1. The van der Waals surface area contributed by atoms with Crippen LogP contribution in [0.2, 0.25) is 0 Å². The van der Waals surface area contributed by atoms with Crippen LogP contribution in [-0.4, -0.2) is 60.0 Å². The Hall–Kier alpha value is -1.50. The Morgan fingerprint density at radius 3 is 2.95 bits per heavy atom. The first-order valence-electron chi connectivity index (χ1n) is 8.07. The second-order valence-corrected chi connectivity index (χ2v) is 5.63. The van der Waals surface area contributed by atoms with E-state index in [2.05, 4.69) is 15.2 Å². The van der Waals surface area contributed by atoms with Crippen LogP contribution >= 0.6 is 0 Å². The van der Waals surface area contributed by atoms with E-state index in [9.17, 15) is 4.79 Å². The number of nitrogens with two attached hydrogens (primary N) is 1. The number of likely N-dealkylation sites (N-methyl/N-ethyl adjacent to an activating group) is 1. The summed E-state index contributed by atoms with van der Waals surface area (Å²) in [7, 11) is 0. The summed E-state index contributed by atoms with van der Waals surface area (Å²) in [6, 6.07) is 3.88. The Morgan fingerprint density at radius 1 is 1.50 bits per heavy atom. The van der Waals surface area contributed by atoms with Crippen molar-refractivity contribution in [3.63, 3.8) is 0 Å². The van der Waals surface area contributed by atoms with Crippen LogP contribution in [0.3, 0.4) is 0 Å². The van der Waals surface area contributed by atoms with Gasteiger partial charge in [-0.15, -0.1) is 0 Å². The molecule has 2 heterocycles. The molecule has 0 spiro atoms. The lowest BCUT2D eigenvalue weighted by Crippen LogP contribution is -2.45. The first-order valence-corrected chi connectivity index (χ1v) is 8.07. The molecule has 1 aromatic heterocycles. The topological polar surface area (TPSA) is 74.5 Å². The van der Waals surface area contributed by atoms with Gasteiger partial charge in [0.15, 0.2) is 0 Å². The molecule has 0 aliphatic carbocycles. The average Bonchev–Trinajstić information content (AvgIpc) is 2.50. The Bertz CT molecular complexity index is 475. The number of hydrogen-bond donors (Lipinski definition) is 2. The molecule has 0 saturated carbocycles. The summed E-state index contributed by atoms with van der Waals surface area (Å²) in [5, 5.41) is 3.18. The van der Waals surface area contributed by atoms with Gasteiger partial charge in [0.25, 0.3) is 0 Å². The average molecular weight is 305 g/mol. The minimum Gasteiger partial charge on any atom is -0.341 e. The lowest BCUT2D eigenvalue weighted by molar-refractivity contribution is -0.130. The van der Waals surface area contributed by atoms with Crippen molar-refractivity contribution < 1.29 is 4.79 Å². The number of rotatable bonds is 9. The highest BCUT2D eigenvalue weighted by molar-refractivity contribution is 5.78. The maximum absolute atomic E-state index is 12.2. The van der Waals surface area contributed by atoms with Crippen LogP contribution in [-0.2, 0) is 17.9 Å². The molecule has 1 aliphatic heterocycles. The van der Waals surface area contributed by atoms with Gasteiger partial charge in [0.05, 0.1) is 12.2 Å². The molecule has 1 aliphatic rings. The maximum Gasteiger partial charge on any atom is 0.236 e. The fourth-order valence-electron chi connectivity index (χ4n) is 2.49. The van der Waals surface area contributed by atoms with Crippen LogP contribution in [0.25, 0.3) is 0 Å². The highest BCUT2D eigenvalue weighted by atomic mass is 16.2. The Morgan fingerprint density at radius 2 is 2.32 bits per heavy atom. The normalized spacial score (nSPS) is 14.6. The predicted molar refractivity (Wildman–Crippen MR) is 87.1 cm³/mol. The summed E-state index contributed by atoms with van der Waals surface area (Å²) >= 11 is 0. The molecule has 1 aromatic rings. The van der Waals surface area contributed by atoms with Crippen LogP contribution in [0.5, 0.6) is 0 Å². The Balaban J connectivity index is 1.70. The zero-order chi connectivity index (χ0) is 15.8. The van der Waals surface area contributed by atoms with E-state index in [1.165, 1.54) is 19.5 Å². The number of hydrogen-bond acceptors (Lipinski definition) is 5. The van der Waals surface area contributed by atoms with Crippen LogP contribution in [0.1, 0.15) is 24.6 Å². The van der Waals surface area contributed by atoms with Crippen molar-refractivity contribution in [1.29, 1.82) is 0 Å². The van der Waals surface area contributed by atoms with Gasteiger partial charge in [-0.3, -0.25) is 9.78 Å². The molecule has 0 atom stereocenters. The Labute approximate surface area is 132 Å². The van der Waals surface area contributed by atoms with E-state index in [1.54, 1.807) is 6.20 Å². The van der Waals surface area contributed by atoms with Crippen LogP contribution < -0.4 is 11.1 Å². The van der Waals surface area contributed by atoms with Gasteiger partial charge >= 0.3 is 0 Å². The fraction of sp³-hybridized carbons (Fsp3) is 0.625. The molecule has 1 saturated heterocycles. The molecule has 0 radical (unpaired) electrons. The fourth-order valence-corrected chi connectivity index (χ4v) is 2.49. The molecule has 1 fully saturated rings. The van der Waals surface area contributed by atoms with Gasteiger partial charge in [0, 0.05) is 38.9 Å². The Kier molecular flexibility index (Phi) is 6.76. The summed E-state index contributed by atoms with van der Waals surface area (Å²) in [4.78, 5) is 20.8. The summed E-state index contributed by atoms with van der Waals surface area (Å²) in [6.45, 7) is 8.38. The number of aromatic nitrogens is 1. The van der Waals surface area contributed by atoms with Crippen molar-refractivity contribution >= 4 is 5.91 Å². The summed E-state index contributed by atoms with van der Waals surface area (Å²) in [6.07, 6.45) is 3.04. The molecule has 3 N–H and O–H groups in total. The molecule has 0 unspecified atom stereocenters. The van der Waals surface area contributed by atoms with Crippen molar-refractivity contribution in [1.82, 2.24) is 20.1 Å². The predicted octanol–water partition coefficient (Wildman–Crippen LogP) is 0.184. The van der Waals surface area contributed by atoms with E-state index in [0.717, 1.165) is 30.9 Å². The molecule has 22 heavy (non-hydrogen) atoms. The van der Waals surface area contributed by atoms with E-state index >= 15 is 0 Å². The highest BCUT2D eigenvalue weighted by Crippen LogP contribution is 2.05. The number of nitrogens with zero attached hydrogens (tertiary/aromatic N) is 3. The molecule has 6 nitrogen and oxygen atoms in total. The first kappa shape index (κ1) is 16.9. The molecule has 1 amide bonds. The van der Waals surface area contributed by atoms with E-state index in [-0.39, 0.29) is 5.91 Å². The van der Waals surface area contributed by atoms with Gasteiger partial charge in [-0.1, -0.05) is 0 Å². The van der Waals surface area contributed by atoms with Gasteiger partial charge < -0.3 is 20.9 Å². The largest absolute Gasteiger partial charge is 0.341 e. The highest BCUT2D eigenvalue weighted by Gasteiger charge is 2.16. The van der Waals surface area contributed by atoms with Crippen molar-refractivity contribution in [3.05, 3.63) is 29.6 Å². The monoisotopic (exact) mass is 305 g/mol. The third-order valence-electron chi connectivity index (χ3n) is 4.07. The van der Waals surface area contributed by atoms with Gasteiger partial charge in [0.1, 0.15) is 0 Å². The SMILES string of the molecule is CCN(CCN1CCC1)C(=O)CNCc1cc(CN)ccn1. The maximum atomic E-state index is 12.2. The second kappa shape index (κ2) is 8.82. The number of carbonyl (C=O) groups excluding carboxylic acids is 1. The lowest BCUT2D eigenvalue weighted by Gasteiger charge is -2.33. The van der Waals surface area contributed by atoms with Crippen molar-refractivity contribution in [2.75, 3.05) is 39.3 Å². The molecule has 2 rings (SSSR count). The minimum atomic E-state index is 0.151. The van der Waals surface area contributed by atoms with Crippen LogP contribution in [0.4, 0.5) is 0 Å². The molecular formula is C16H27N5O. The van der Waals surface area contributed by atoms with E-state index < -0.39 is 0 Å². The minimum absolute atomic E-state index is 0.151. The molecule has 0 aromatic carbocycles. The van der Waals surface area contributed by atoms with E-state index in [4.69, 9.17) is 5.73 Å². The van der Waals surface area contributed by atoms with Gasteiger partial charge in [-0.2, -0.15) is 0 Å². The van der Waals surface area contributed by atoms with E-state index in [1.807, 2.05) is 24.0 Å². The molecule has 122 valence electrons. The quantitative estimate of drug-likeness (QED) is 0.681. The van der Waals surface area contributed by atoms with Gasteiger partial charge in [-0.25, -0.2) is 0 Å². The van der Waals surface area contributed by atoms with Gasteiger partial charge in [0.2, 0.25) is 5.91 Å². The smallest absolute Gasteiger partial charge is 0.236 e. The van der Waals surface area contributed by atoms with Crippen molar-refractivity contribution in [2.45, 2.75) is 26.4 Å². The lowest BCUT2D eigenvalue weighted by atomic mass is 10.2. The van der Waals surface area contributed by atoms with Crippen molar-refractivity contribution in [2.24, 2.45) is 5.73 Å². The number of likely N-dealkylation sites (tertiary alicyclic amines) is 1. The standard InChI is InChI=1S/C16H27N5O/c1-2-21(9-8-20-6-3-7-20)16(22)13-18-12-15-10-14(11-17)4-5-19-15/h4-5,10,18H,2-3,6-9,11-13,17H2,1H3. The van der Waals surface area contributed by atoms with Crippen LogP contribution in [0.15, 0.2) is 18.3 Å². The summed E-state index contributed by atoms with van der Waals surface area (Å²) < 4.78 is 0. The number of amides is 1. The molecule has 6 heteroatoms. The first-order chi connectivity index (χ1) is 10.7. The van der Waals surface area contributed by atoms with Crippen molar-refractivity contribution in [3.8, 4) is 0 Å². The molecular weight excluding hydrogens is 278 g/mol. The third-order valence-corrected chi connectivity index (χ3v) is 4.07. The van der Waals surface area contributed by atoms with Crippen LogP contribution in [0, 0.1) is 0 Å². The second-order valence-electron chi connectivity index (χ2n) is 5.63. The summed E-state index contributed by atoms with van der Waals surface area (Å²) in [5.41, 5.74) is 7.59. The van der Waals surface area contributed by atoms with E-state index in [0.29, 0.717) is 19.6 Å². The summed E-state index contributed by atoms with van der Waals surface area (Å²) in [5.74, 6) is 0.151. The zero-order valence-electron chi connectivity index (χ0n) is 13.4. The number of pyridine rings is 1. The third kappa shape index (κ3) is 5.05. The van der Waals surface area contributed by atoms with Gasteiger partial charge in [-0.05, 0) is 44.1 Å². The molecule has 0 bridgehead atoms. The number of nitrogens with one attached hydrogen (secondary N) is 1.